The number of piperidine rings is 1. The summed E-state index contributed by atoms with van der Waals surface area (Å²) in [4.78, 5) is 25.7. The standard InChI is InChI=1S/C19H14ClF4NO3S/c20-13-8-14(21)15(9-16(13)28-10-29-12-4-2-1-3-5-12)25-17(26)6-11(7-18(25)27)19(22,23)24/h1-5,8-9,11H,6-7,10H2. The Morgan fingerprint density at radius 2 is 1.72 bits per heavy atom. The molecule has 1 heterocycles. The molecule has 0 aromatic heterocycles. The molecule has 0 saturated carbocycles. The third kappa shape index (κ3) is 5.02. The number of amides is 2. The smallest absolute Gasteiger partial charge is 0.392 e. The van der Waals surface area contributed by atoms with E-state index in [2.05, 4.69) is 0 Å². The molecule has 0 bridgehead atoms. The molecule has 0 N–H and O–H groups in total. The third-order valence-electron chi connectivity index (χ3n) is 4.23. The first kappa shape index (κ1) is 21.4. The van der Waals surface area contributed by atoms with Gasteiger partial charge < -0.3 is 4.74 Å². The highest BCUT2D eigenvalue weighted by Crippen LogP contribution is 2.39. The van der Waals surface area contributed by atoms with Crippen LogP contribution in [0.4, 0.5) is 23.2 Å². The van der Waals surface area contributed by atoms with Crippen LogP contribution in [-0.2, 0) is 9.59 Å². The quantitative estimate of drug-likeness (QED) is 0.265. The largest absolute Gasteiger partial charge is 0.481 e. The van der Waals surface area contributed by atoms with Gasteiger partial charge in [0, 0.05) is 23.8 Å². The molecular weight excluding hydrogens is 434 g/mol. The molecule has 1 aliphatic rings. The normalized spacial score (nSPS) is 15.7. The molecule has 0 aliphatic carbocycles. The minimum atomic E-state index is -4.68. The first-order chi connectivity index (χ1) is 13.7. The van der Waals surface area contributed by atoms with E-state index in [4.69, 9.17) is 16.3 Å². The summed E-state index contributed by atoms with van der Waals surface area (Å²) in [5, 5.41) is -0.0926. The second-order valence-electron chi connectivity index (χ2n) is 6.22. The van der Waals surface area contributed by atoms with Crippen LogP contribution in [0, 0.1) is 11.7 Å². The van der Waals surface area contributed by atoms with Gasteiger partial charge in [-0.25, -0.2) is 9.29 Å². The maximum Gasteiger partial charge on any atom is 0.392 e. The molecule has 0 unspecified atom stereocenters. The third-order valence-corrected chi connectivity index (χ3v) is 5.37. The van der Waals surface area contributed by atoms with Crippen molar-refractivity contribution in [1.29, 1.82) is 0 Å². The van der Waals surface area contributed by atoms with E-state index in [-0.39, 0.29) is 16.7 Å². The van der Waals surface area contributed by atoms with Crippen molar-refractivity contribution in [3.05, 3.63) is 53.3 Å². The van der Waals surface area contributed by atoms with E-state index < -0.39 is 48.3 Å². The van der Waals surface area contributed by atoms with Gasteiger partial charge in [0.25, 0.3) is 0 Å². The summed E-state index contributed by atoms with van der Waals surface area (Å²) in [7, 11) is 0. The fourth-order valence-electron chi connectivity index (χ4n) is 2.79. The van der Waals surface area contributed by atoms with Crippen molar-refractivity contribution in [3.63, 3.8) is 0 Å². The zero-order chi connectivity index (χ0) is 21.2. The molecule has 10 heteroatoms. The molecule has 1 fully saturated rings. The monoisotopic (exact) mass is 447 g/mol. The Labute approximate surface area is 172 Å². The van der Waals surface area contributed by atoms with Crippen LogP contribution in [0.25, 0.3) is 0 Å². The second kappa shape index (κ2) is 8.62. The van der Waals surface area contributed by atoms with E-state index in [0.29, 0.717) is 4.90 Å². The topological polar surface area (TPSA) is 46.6 Å². The first-order valence-corrected chi connectivity index (χ1v) is 9.75. The van der Waals surface area contributed by atoms with Gasteiger partial charge in [0.2, 0.25) is 11.8 Å². The van der Waals surface area contributed by atoms with Crippen LogP contribution in [0.2, 0.25) is 5.02 Å². The van der Waals surface area contributed by atoms with Crippen LogP contribution in [0.3, 0.4) is 0 Å². The fraction of sp³-hybridized carbons (Fsp3) is 0.263. The van der Waals surface area contributed by atoms with Gasteiger partial charge in [-0.15, -0.1) is 0 Å². The van der Waals surface area contributed by atoms with Crippen molar-refractivity contribution in [3.8, 4) is 5.75 Å². The van der Waals surface area contributed by atoms with E-state index in [1.165, 1.54) is 11.8 Å². The number of hydrogen-bond donors (Lipinski definition) is 0. The van der Waals surface area contributed by atoms with E-state index in [1.54, 1.807) is 0 Å². The Bertz CT molecular complexity index is 906. The van der Waals surface area contributed by atoms with Crippen molar-refractivity contribution < 1.29 is 31.9 Å². The maximum atomic E-state index is 14.4. The van der Waals surface area contributed by atoms with Crippen LogP contribution < -0.4 is 9.64 Å². The zero-order valence-corrected chi connectivity index (χ0v) is 16.3. The number of thioether (sulfide) groups is 1. The molecule has 4 nitrogen and oxygen atoms in total. The van der Waals surface area contributed by atoms with Gasteiger partial charge in [-0.3, -0.25) is 9.59 Å². The van der Waals surface area contributed by atoms with E-state index in [9.17, 15) is 27.2 Å². The fourth-order valence-corrected chi connectivity index (χ4v) is 3.67. The number of anilines is 1. The molecule has 0 spiro atoms. The maximum absolute atomic E-state index is 14.4. The number of hydrogen-bond acceptors (Lipinski definition) is 4. The van der Waals surface area contributed by atoms with E-state index >= 15 is 0 Å². The Balaban J connectivity index is 1.78. The van der Waals surface area contributed by atoms with Crippen molar-refractivity contribution >= 4 is 40.9 Å². The number of carbonyl (C=O) groups excluding carboxylic acids is 2. The number of benzene rings is 2. The van der Waals surface area contributed by atoms with Crippen molar-refractivity contribution in [2.75, 3.05) is 10.8 Å². The number of alkyl halides is 3. The predicted molar refractivity (Wildman–Crippen MR) is 100 cm³/mol. The van der Waals surface area contributed by atoms with Gasteiger partial charge in [0.15, 0.2) is 0 Å². The first-order valence-electron chi connectivity index (χ1n) is 8.39. The number of imide groups is 1. The Morgan fingerprint density at radius 1 is 1.10 bits per heavy atom. The molecule has 2 amide bonds. The summed E-state index contributed by atoms with van der Waals surface area (Å²) in [5.74, 6) is -5.24. The van der Waals surface area contributed by atoms with Crippen LogP contribution >= 0.6 is 23.4 Å². The van der Waals surface area contributed by atoms with Gasteiger partial charge in [0.05, 0.1) is 16.6 Å². The van der Waals surface area contributed by atoms with Gasteiger partial charge in [-0.1, -0.05) is 41.6 Å². The number of ether oxygens (including phenoxy) is 1. The summed E-state index contributed by atoms with van der Waals surface area (Å²) in [6.45, 7) is 0. The summed E-state index contributed by atoms with van der Waals surface area (Å²) < 4.78 is 58.4. The lowest BCUT2D eigenvalue weighted by Gasteiger charge is -2.31. The molecular formula is C19H14ClF4NO3S. The van der Waals surface area contributed by atoms with Gasteiger partial charge in [0.1, 0.15) is 17.5 Å². The lowest BCUT2D eigenvalue weighted by atomic mass is 9.94. The molecule has 2 aromatic rings. The van der Waals surface area contributed by atoms with Gasteiger partial charge >= 0.3 is 6.18 Å². The van der Waals surface area contributed by atoms with Crippen LogP contribution in [-0.4, -0.2) is 23.9 Å². The molecule has 0 radical (unpaired) electrons. The Kier molecular flexibility index (Phi) is 6.38. The molecule has 29 heavy (non-hydrogen) atoms. The molecule has 2 aromatic carbocycles. The highest BCUT2D eigenvalue weighted by Gasteiger charge is 2.48. The minimum absolute atomic E-state index is 0.00467. The summed E-state index contributed by atoms with van der Waals surface area (Å²) >= 11 is 7.29. The molecule has 1 aliphatic heterocycles. The van der Waals surface area contributed by atoms with Crippen LogP contribution in [0.1, 0.15) is 12.8 Å². The SMILES string of the molecule is O=C1CC(C(F)(F)F)CC(=O)N1c1cc(OCSc2ccccc2)c(Cl)cc1F. The molecule has 154 valence electrons. The second-order valence-corrected chi connectivity index (χ2v) is 7.63. The molecule has 3 rings (SSSR count). The highest BCUT2D eigenvalue weighted by molar-refractivity contribution is 7.99. The van der Waals surface area contributed by atoms with Crippen molar-refractivity contribution in [2.24, 2.45) is 5.92 Å². The van der Waals surface area contributed by atoms with E-state index in [1.807, 2.05) is 30.3 Å². The molecule has 0 atom stereocenters. The van der Waals surface area contributed by atoms with Crippen LogP contribution in [0.5, 0.6) is 5.75 Å². The number of rotatable bonds is 5. The van der Waals surface area contributed by atoms with Crippen molar-refractivity contribution in [2.45, 2.75) is 23.9 Å². The lowest BCUT2D eigenvalue weighted by molar-refractivity contribution is -0.185. The van der Waals surface area contributed by atoms with Crippen molar-refractivity contribution in [1.82, 2.24) is 0 Å². The average Bonchev–Trinajstić information content (AvgIpc) is 2.64. The minimum Gasteiger partial charge on any atom is -0.481 e. The van der Waals surface area contributed by atoms with Crippen LogP contribution in [0.15, 0.2) is 47.4 Å². The van der Waals surface area contributed by atoms with E-state index in [0.717, 1.165) is 17.0 Å². The zero-order valence-electron chi connectivity index (χ0n) is 14.7. The summed E-state index contributed by atoms with van der Waals surface area (Å²) in [6.07, 6.45) is -6.55. The lowest BCUT2D eigenvalue weighted by Crippen LogP contribution is -2.47. The number of nitrogens with zero attached hydrogens (tertiary/aromatic N) is 1. The summed E-state index contributed by atoms with van der Waals surface area (Å²) in [6, 6.07) is 11.1. The molecule has 1 saturated heterocycles. The Morgan fingerprint density at radius 3 is 2.31 bits per heavy atom. The van der Waals surface area contributed by atoms with Gasteiger partial charge in [-0.2, -0.15) is 13.2 Å². The summed E-state index contributed by atoms with van der Waals surface area (Å²) in [5.41, 5.74) is -0.482. The number of halogens is 5. The average molecular weight is 448 g/mol. The highest BCUT2D eigenvalue weighted by atomic mass is 35.5. The number of carbonyl (C=O) groups is 2. The Hall–Kier alpha value is -2.26. The predicted octanol–water partition coefficient (Wildman–Crippen LogP) is 5.44. The van der Waals surface area contributed by atoms with Gasteiger partial charge in [-0.05, 0) is 18.2 Å².